The number of halogens is 6. The van der Waals surface area contributed by atoms with Crippen LogP contribution in [0.25, 0.3) is 10.9 Å². The third kappa shape index (κ3) is 4.61. The average molecular weight is 424 g/mol. The van der Waals surface area contributed by atoms with E-state index >= 15 is 0 Å². The molecule has 3 rings (SSSR count). The standard InChI is InChI=1S/C17H15ClF5N3O2/c18-12-6-13(15(27)25-7-8-2-1-3-24-8)26-14-10(12)4-9(28-16(19)20)5-11(14)17(21,22)23/h4-6,8,16,24H,1-3,7H2,(H,25,27). The van der Waals surface area contributed by atoms with Crippen molar-refractivity contribution in [3.8, 4) is 5.75 Å². The Morgan fingerprint density at radius 2 is 2.11 bits per heavy atom. The molecule has 2 aromatic rings. The number of fused-ring (bicyclic) bond motifs is 1. The van der Waals surface area contributed by atoms with E-state index in [1.807, 2.05) is 0 Å². The van der Waals surface area contributed by atoms with Crippen LogP contribution < -0.4 is 15.4 Å². The number of aromatic nitrogens is 1. The lowest BCUT2D eigenvalue weighted by atomic mass is 10.1. The SMILES string of the molecule is O=C(NCC1CCCN1)c1cc(Cl)c2cc(OC(F)F)cc(C(F)(F)F)c2n1. The van der Waals surface area contributed by atoms with E-state index in [0.717, 1.165) is 31.5 Å². The van der Waals surface area contributed by atoms with E-state index in [-0.39, 0.29) is 22.1 Å². The number of amides is 1. The minimum atomic E-state index is -4.92. The van der Waals surface area contributed by atoms with Crippen LogP contribution >= 0.6 is 11.6 Å². The molecule has 2 heterocycles. The fraction of sp³-hybridized carbons (Fsp3) is 0.412. The van der Waals surface area contributed by atoms with Crippen molar-refractivity contribution < 1.29 is 31.5 Å². The molecule has 1 aliphatic rings. The zero-order chi connectivity index (χ0) is 20.5. The summed E-state index contributed by atoms with van der Waals surface area (Å²) in [6.45, 7) is -2.18. The average Bonchev–Trinajstić information content (AvgIpc) is 3.11. The number of carbonyl (C=O) groups is 1. The molecule has 5 nitrogen and oxygen atoms in total. The summed E-state index contributed by atoms with van der Waals surface area (Å²) in [7, 11) is 0. The molecule has 28 heavy (non-hydrogen) atoms. The van der Waals surface area contributed by atoms with Crippen molar-refractivity contribution in [2.45, 2.75) is 31.7 Å². The lowest BCUT2D eigenvalue weighted by Crippen LogP contribution is -2.37. The smallest absolute Gasteiger partial charge is 0.418 e. The monoisotopic (exact) mass is 423 g/mol. The summed E-state index contributed by atoms with van der Waals surface area (Å²) in [6, 6.07) is 2.51. The Morgan fingerprint density at radius 1 is 1.36 bits per heavy atom. The molecule has 1 amide bonds. The molecular formula is C17H15ClF5N3O2. The maximum atomic E-state index is 13.4. The number of pyridine rings is 1. The van der Waals surface area contributed by atoms with Crippen molar-refractivity contribution in [2.75, 3.05) is 13.1 Å². The molecule has 11 heteroatoms. The second-order valence-corrected chi connectivity index (χ2v) is 6.64. The van der Waals surface area contributed by atoms with Gasteiger partial charge in [-0.3, -0.25) is 4.79 Å². The zero-order valence-electron chi connectivity index (χ0n) is 14.2. The van der Waals surface area contributed by atoms with E-state index < -0.39 is 35.5 Å². The molecule has 1 fully saturated rings. The van der Waals surface area contributed by atoms with Gasteiger partial charge in [0.15, 0.2) is 0 Å². The molecule has 0 aliphatic carbocycles. The summed E-state index contributed by atoms with van der Waals surface area (Å²) in [5.74, 6) is -1.39. The van der Waals surface area contributed by atoms with Crippen LogP contribution in [0.15, 0.2) is 18.2 Å². The molecular weight excluding hydrogens is 409 g/mol. The molecule has 1 unspecified atom stereocenters. The van der Waals surface area contributed by atoms with Crippen molar-refractivity contribution in [3.63, 3.8) is 0 Å². The Balaban J connectivity index is 1.99. The van der Waals surface area contributed by atoms with Gasteiger partial charge in [0.1, 0.15) is 11.4 Å². The molecule has 152 valence electrons. The van der Waals surface area contributed by atoms with Gasteiger partial charge >= 0.3 is 12.8 Å². The van der Waals surface area contributed by atoms with Gasteiger partial charge in [0.05, 0.1) is 16.1 Å². The third-order valence-corrected chi connectivity index (χ3v) is 4.58. The van der Waals surface area contributed by atoms with Gasteiger partial charge in [0, 0.05) is 18.0 Å². The van der Waals surface area contributed by atoms with E-state index in [1.54, 1.807) is 0 Å². The predicted octanol–water partition coefficient (Wildman–Crippen LogP) is 3.99. The molecule has 2 N–H and O–H groups in total. The quantitative estimate of drug-likeness (QED) is 0.714. The van der Waals surface area contributed by atoms with E-state index in [4.69, 9.17) is 11.6 Å². The summed E-state index contributed by atoms with van der Waals surface area (Å²) in [6.07, 6.45) is -3.07. The van der Waals surface area contributed by atoms with Crippen molar-refractivity contribution in [3.05, 3.63) is 34.5 Å². The van der Waals surface area contributed by atoms with Crippen LogP contribution in [-0.4, -0.2) is 36.6 Å². The van der Waals surface area contributed by atoms with Crippen LogP contribution in [0.4, 0.5) is 22.0 Å². The Hall–Kier alpha value is -2.20. The van der Waals surface area contributed by atoms with E-state index in [0.29, 0.717) is 12.6 Å². The molecule has 1 saturated heterocycles. The van der Waals surface area contributed by atoms with Crippen LogP contribution in [0.1, 0.15) is 28.9 Å². The summed E-state index contributed by atoms with van der Waals surface area (Å²) in [5, 5.41) is 5.29. The lowest BCUT2D eigenvalue weighted by molar-refractivity contribution is -0.136. The number of alkyl halides is 5. The molecule has 1 aromatic carbocycles. The van der Waals surface area contributed by atoms with Gasteiger partial charge < -0.3 is 15.4 Å². The molecule has 1 atom stereocenters. The van der Waals surface area contributed by atoms with Crippen molar-refractivity contribution in [1.82, 2.24) is 15.6 Å². The van der Waals surface area contributed by atoms with Crippen LogP contribution in [0.2, 0.25) is 5.02 Å². The van der Waals surface area contributed by atoms with E-state index in [2.05, 4.69) is 20.4 Å². The van der Waals surface area contributed by atoms with Crippen LogP contribution in [-0.2, 0) is 6.18 Å². The van der Waals surface area contributed by atoms with Gasteiger partial charge in [0.2, 0.25) is 0 Å². The van der Waals surface area contributed by atoms with E-state index in [9.17, 15) is 26.7 Å². The maximum absolute atomic E-state index is 13.4. The first-order valence-corrected chi connectivity index (χ1v) is 8.71. The highest BCUT2D eigenvalue weighted by molar-refractivity contribution is 6.35. The van der Waals surface area contributed by atoms with Crippen LogP contribution in [0.5, 0.6) is 5.75 Å². The van der Waals surface area contributed by atoms with Gasteiger partial charge in [-0.1, -0.05) is 11.6 Å². The Morgan fingerprint density at radius 3 is 2.71 bits per heavy atom. The van der Waals surface area contributed by atoms with Crippen LogP contribution in [0.3, 0.4) is 0 Å². The van der Waals surface area contributed by atoms with Crippen LogP contribution in [0, 0.1) is 0 Å². The molecule has 0 spiro atoms. The number of hydrogen-bond acceptors (Lipinski definition) is 4. The highest BCUT2D eigenvalue weighted by Gasteiger charge is 2.35. The predicted molar refractivity (Wildman–Crippen MR) is 91.7 cm³/mol. The van der Waals surface area contributed by atoms with Crippen molar-refractivity contribution >= 4 is 28.4 Å². The first kappa shape index (κ1) is 20.5. The molecule has 1 aliphatic heterocycles. The summed E-state index contributed by atoms with van der Waals surface area (Å²) in [4.78, 5) is 16.1. The third-order valence-electron chi connectivity index (χ3n) is 4.27. The second-order valence-electron chi connectivity index (χ2n) is 6.24. The minimum absolute atomic E-state index is 0.0830. The number of ether oxygens (including phenoxy) is 1. The number of hydrogen-bond donors (Lipinski definition) is 2. The number of nitrogens with one attached hydrogen (secondary N) is 2. The molecule has 0 bridgehead atoms. The number of carbonyl (C=O) groups excluding carboxylic acids is 1. The first-order chi connectivity index (χ1) is 13.1. The first-order valence-electron chi connectivity index (χ1n) is 8.33. The molecule has 0 radical (unpaired) electrons. The fourth-order valence-corrected chi connectivity index (χ4v) is 3.25. The maximum Gasteiger partial charge on any atom is 0.418 e. The highest BCUT2D eigenvalue weighted by Crippen LogP contribution is 2.39. The zero-order valence-corrected chi connectivity index (χ0v) is 15.0. The van der Waals surface area contributed by atoms with Crippen molar-refractivity contribution in [2.24, 2.45) is 0 Å². The molecule has 1 aromatic heterocycles. The Kier molecular flexibility index (Phi) is 5.90. The fourth-order valence-electron chi connectivity index (χ4n) is 3.00. The van der Waals surface area contributed by atoms with Gasteiger partial charge in [-0.05, 0) is 37.6 Å². The Bertz CT molecular complexity index is 885. The number of rotatable bonds is 5. The minimum Gasteiger partial charge on any atom is -0.435 e. The summed E-state index contributed by atoms with van der Waals surface area (Å²) >= 11 is 6.02. The van der Waals surface area contributed by atoms with Gasteiger partial charge in [-0.25, -0.2) is 4.98 Å². The Labute approximate surface area is 161 Å². The normalized spacial score (nSPS) is 17.3. The van der Waals surface area contributed by atoms with Gasteiger partial charge in [-0.2, -0.15) is 22.0 Å². The highest BCUT2D eigenvalue weighted by atomic mass is 35.5. The van der Waals surface area contributed by atoms with Gasteiger partial charge in [0.25, 0.3) is 5.91 Å². The summed E-state index contributed by atoms with van der Waals surface area (Å²) < 4.78 is 69.2. The topological polar surface area (TPSA) is 63.2 Å². The number of nitrogens with zero attached hydrogens (tertiary/aromatic N) is 1. The second kappa shape index (κ2) is 8.04. The van der Waals surface area contributed by atoms with E-state index in [1.165, 1.54) is 0 Å². The van der Waals surface area contributed by atoms with Gasteiger partial charge in [-0.15, -0.1) is 0 Å². The van der Waals surface area contributed by atoms with Crippen molar-refractivity contribution in [1.29, 1.82) is 0 Å². The lowest BCUT2D eigenvalue weighted by Gasteiger charge is -2.15. The summed E-state index contributed by atoms with van der Waals surface area (Å²) in [5.41, 5.74) is -2.25. The number of benzene rings is 1. The molecule has 0 saturated carbocycles. The largest absolute Gasteiger partial charge is 0.435 e.